The minimum Gasteiger partial charge on any atom is -0.483 e. The lowest BCUT2D eigenvalue weighted by Crippen LogP contribution is -2.36. The summed E-state index contributed by atoms with van der Waals surface area (Å²) in [5.74, 6) is 0.361. The molecule has 25 heavy (non-hydrogen) atoms. The molecule has 0 aliphatic heterocycles. The number of rotatable bonds is 8. The Hall–Kier alpha value is -2.38. The van der Waals surface area contributed by atoms with Crippen LogP contribution in [-0.4, -0.2) is 34.0 Å². The van der Waals surface area contributed by atoms with E-state index >= 15 is 0 Å². The fourth-order valence-electron chi connectivity index (χ4n) is 2.15. The highest BCUT2D eigenvalue weighted by atomic mass is 32.2. The van der Waals surface area contributed by atoms with Gasteiger partial charge in [-0.05, 0) is 43.2 Å². The van der Waals surface area contributed by atoms with Gasteiger partial charge in [-0.3, -0.25) is 4.79 Å². The van der Waals surface area contributed by atoms with E-state index in [1.807, 2.05) is 32.0 Å². The number of aryl methyl sites for hydroxylation is 1. The van der Waals surface area contributed by atoms with Crippen LogP contribution in [0.2, 0.25) is 0 Å². The summed E-state index contributed by atoms with van der Waals surface area (Å²) < 4.78 is 32.0. The van der Waals surface area contributed by atoms with Gasteiger partial charge in [-0.25, -0.2) is 13.1 Å². The van der Waals surface area contributed by atoms with E-state index in [2.05, 4.69) is 10.0 Å². The summed E-state index contributed by atoms with van der Waals surface area (Å²) in [5.41, 5.74) is 2.08. The minimum absolute atomic E-state index is 0.104. The molecular weight excluding hydrogens is 340 g/mol. The molecule has 1 amide bonds. The molecular formula is C18H22N2O4S. The quantitative estimate of drug-likeness (QED) is 0.701. The highest BCUT2D eigenvalue weighted by Gasteiger charge is 2.12. The third-order valence-corrected chi connectivity index (χ3v) is 5.18. The number of carbonyl (C=O) groups is 1. The van der Waals surface area contributed by atoms with Crippen molar-refractivity contribution in [2.45, 2.75) is 18.7 Å². The lowest BCUT2D eigenvalue weighted by atomic mass is 10.1. The van der Waals surface area contributed by atoms with Crippen molar-refractivity contribution in [3.63, 3.8) is 0 Å². The van der Waals surface area contributed by atoms with Crippen LogP contribution in [0.5, 0.6) is 5.75 Å². The van der Waals surface area contributed by atoms with Crippen LogP contribution >= 0.6 is 0 Å². The summed E-state index contributed by atoms with van der Waals surface area (Å²) in [7, 11) is -3.56. The number of ether oxygens (including phenoxy) is 1. The van der Waals surface area contributed by atoms with Crippen molar-refractivity contribution in [3.8, 4) is 5.75 Å². The maximum absolute atomic E-state index is 12.0. The monoisotopic (exact) mass is 362 g/mol. The molecule has 2 aromatic rings. The molecule has 0 heterocycles. The first-order valence-corrected chi connectivity index (χ1v) is 9.39. The van der Waals surface area contributed by atoms with Crippen LogP contribution in [-0.2, 0) is 14.8 Å². The van der Waals surface area contributed by atoms with Crippen LogP contribution < -0.4 is 14.8 Å². The van der Waals surface area contributed by atoms with Gasteiger partial charge in [0.05, 0.1) is 4.90 Å². The number of hydrogen-bond donors (Lipinski definition) is 2. The second-order valence-electron chi connectivity index (χ2n) is 5.55. The molecule has 0 unspecified atom stereocenters. The summed E-state index contributed by atoms with van der Waals surface area (Å²) in [5, 5.41) is 2.62. The van der Waals surface area contributed by atoms with Gasteiger partial charge in [0.2, 0.25) is 10.0 Å². The molecule has 0 aliphatic carbocycles. The van der Waals surface area contributed by atoms with E-state index in [0.29, 0.717) is 5.75 Å². The minimum atomic E-state index is -3.56. The van der Waals surface area contributed by atoms with E-state index in [1.165, 1.54) is 12.1 Å². The number of benzene rings is 2. The van der Waals surface area contributed by atoms with E-state index in [0.717, 1.165) is 11.1 Å². The van der Waals surface area contributed by atoms with Crippen molar-refractivity contribution in [3.05, 3.63) is 59.7 Å². The van der Waals surface area contributed by atoms with Gasteiger partial charge in [-0.15, -0.1) is 0 Å². The van der Waals surface area contributed by atoms with E-state index in [-0.39, 0.29) is 30.5 Å². The topological polar surface area (TPSA) is 84.5 Å². The normalized spacial score (nSPS) is 11.1. The Morgan fingerprint density at radius 1 is 1.00 bits per heavy atom. The van der Waals surface area contributed by atoms with Gasteiger partial charge in [0, 0.05) is 13.1 Å². The Bertz CT molecular complexity index is 820. The summed E-state index contributed by atoms with van der Waals surface area (Å²) in [6.07, 6.45) is 0. The predicted octanol–water partition coefficient (Wildman–Crippen LogP) is 1.78. The molecule has 0 aromatic heterocycles. The number of amides is 1. The summed E-state index contributed by atoms with van der Waals surface area (Å²) in [6.45, 7) is 4.07. The average molecular weight is 362 g/mol. The van der Waals surface area contributed by atoms with Gasteiger partial charge in [-0.1, -0.05) is 30.3 Å². The van der Waals surface area contributed by atoms with Crippen molar-refractivity contribution in [2.24, 2.45) is 0 Å². The van der Waals surface area contributed by atoms with Crippen LogP contribution in [0.1, 0.15) is 11.1 Å². The van der Waals surface area contributed by atoms with E-state index in [1.54, 1.807) is 18.2 Å². The summed E-state index contributed by atoms with van der Waals surface area (Å²) >= 11 is 0. The summed E-state index contributed by atoms with van der Waals surface area (Å²) in [6, 6.07) is 13.7. The largest absolute Gasteiger partial charge is 0.483 e. The first-order chi connectivity index (χ1) is 11.9. The van der Waals surface area contributed by atoms with E-state index in [4.69, 9.17) is 4.74 Å². The van der Waals surface area contributed by atoms with Crippen molar-refractivity contribution < 1.29 is 17.9 Å². The Balaban J connectivity index is 1.73. The maximum atomic E-state index is 12.0. The molecule has 2 N–H and O–H groups in total. The molecule has 0 saturated carbocycles. The Morgan fingerprint density at radius 3 is 2.44 bits per heavy atom. The number of carbonyl (C=O) groups excluding carboxylic acids is 1. The molecule has 7 heteroatoms. The van der Waals surface area contributed by atoms with Crippen LogP contribution in [0.15, 0.2) is 53.4 Å². The number of nitrogens with one attached hydrogen (secondary N) is 2. The molecule has 134 valence electrons. The number of sulfonamides is 1. The van der Waals surface area contributed by atoms with Crippen molar-refractivity contribution in [1.29, 1.82) is 0 Å². The standard InChI is InChI=1S/C18H22N2O4S/c1-14-7-6-10-17(15(14)2)24-13-18(21)19-11-12-20-25(22,23)16-8-4-3-5-9-16/h3-10,20H,11-13H2,1-2H3,(H,19,21). The van der Waals surface area contributed by atoms with Crippen molar-refractivity contribution in [1.82, 2.24) is 10.0 Å². The zero-order valence-corrected chi connectivity index (χ0v) is 15.1. The smallest absolute Gasteiger partial charge is 0.257 e. The molecule has 0 atom stereocenters. The van der Waals surface area contributed by atoms with Crippen LogP contribution in [0.4, 0.5) is 0 Å². The molecule has 0 fully saturated rings. The Labute approximate surface area is 148 Å². The predicted molar refractivity (Wildman–Crippen MR) is 96.1 cm³/mol. The van der Waals surface area contributed by atoms with Gasteiger partial charge in [0.1, 0.15) is 5.75 Å². The zero-order valence-electron chi connectivity index (χ0n) is 14.3. The van der Waals surface area contributed by atoms with Gasteiger partial charge < -0.3 is 10.1 Å². The third kappa shape index (κ3) is 5.58. The van der Waals surface area contributed by atoms with Crippen molar-refractivity contribution >= 4 is 15.9 Å². The molecule has 2 rings (SSSR count). The second-order valence-corrected chi connectivity index (χ2v) is 7.31. The lowest BCUT2D eigenvalue weighted by Gasteiger charge is -2.11. The average Bonchev–Trinajstić information content (AvgIpc) is 2.61. The van der Waals surface area contributed by atoms with Gasteiger partial charge in [0.25, 0.3) is 5.91 Å². The van der Waals surface area contributed by atoms with E-state index < -0.39 is 10.0 Å². The Morgan fingerprint density at radius 2 is 1.72 bits per heavy atom. The third-order valence-electron chi connectivity index (χ3n) is 3.71. The fraction of sp³-hybridized carbons (Fsp3) is 0.278. The van der Waals surface area contributed by atoms with Crippen LogP contribution in [0, 0.1) is 13.8 Å². The fourth-order valence-corrected chi connectivity index (χ4v) is 3.20. The van der Waals surface area contributed by atoms with Gasteiger partial charge >= 0.3 is 0 Å². The van der Waals surface area contributed by atoms with Gasteiger partial charge in [-0.2, -0.15) is 0 Å². The molecule has 0 saturated heterocycles. The van der Waals surface area contributed by atoms with Crippen LogP contribution in [0.3, 0.4) is 0 Å². The van der Waals surface area contributed by atoms with Gasteiger partial charge in [0.15, 0.2) is 6.61 Å². The zero-order chi connectivity index (χ0) is 18.3. The van der Waals surface area contributed by atoms with E-state index in [9.17, 15) is 13.2 Å². The Kier molecular flexibility index (Phi) is 6.55. The second kappa shape index (κ2) is 8.64. The SMILES string of the molecule is Cc1cccc(OCC(=O)NCCNS(=O)(=O)c2ccccc2)c1C. The molecule has 6 nitrogen and oxygen atoms in total. The lowest BCUT2D eigenvalue weighted by molar-refractivity contribution is -0.123. The molecule has 0 bridgehead atoms. The molecule has 0 spiro atoms. The summed E-state index contributed by atoms with van der Waals surface area (Å²) in [4.78, 5) is 12.0. The molecule has 0 radical (unpaired) electrons. The maximum Gasteiger partial charge on any atom is 0.257 e. The highest BCUT2D eigenvalue weighted by molar-refractivity contribution is 7.89. The van der Waals surface area contributed by atoms with Crippen molar-refractivity contribution in [2.75, 3.05) is 19.7 Å². The van der Waals surface area contributed by atoms with Crippen LogP contribution in [0.25, 0.3) is 0 Å². The molecule has 0 aliphatic rings. The molecule has 2 aromatic carbocycles. The number of hydrogen-bond acceptors (Lipinski definition) is 4. The first kappa shape index (κ1) is 19.0. The first-order valence-electron chi connectivity index (χ1n) is 7.90. The highest BCUT2D eigenvalue weighted by Crippen LogP contribution is 2.20.